The van der Waals surface area contributed by atoms with Gasteiger partial charge in [0.15, 0.2) is 0 Å². The van der Waals surface area contributed by atoms with Gasteiger partial charge in [-0.05, 0) is 151 Å². The highest BCUT2D eigenvalue weighted by molar-refractivity contribution is 5.57. The van der Waals surface area contributed by atoms with Crippen LogP contribution in [-0.4, -0.2) is 0 Å². The highest BCUT2D eigenvalue weighted by Gasteiger charge is 2.02. The fourth-order valence-corrected chi connectivity index (χ4v) is 5.66. The summed E-state index contributed by atoms with van der Waals surface area (Å²) in [7, 11) is 0. The first-order valence-corrected chi connectivity index (χ1v) is 18.9. The van der Waals surface area contributed by atoms with E-state index in [0.29, 0.717) is 0 Å². The van der Waals surface area contributed by atoms with Crippen LogP contribution in [0.1, 0.15) is 99.7 Å². The predicted molar refractivity (Wildman–Crippen MR) is 235 cm³/mol. The molecular weight excluding hydrogens is 629 g/mol. The average Bonchev–Trinajstić information content (AvgIpc) is 3.16. The molecule has 52 heavy (non-hydrogen) atoms. The van der Waals surface area contributed by atoms with Crippen LogP contribution >= 0.6 is 0 Å². The van der Waals surface area contributed by atoms with E-state index in [9.17, 15) is 0 Å². The first-order valence-electron chi connectivity index (χ1n) is 18.9. The summed E-state index contributed by atoms with van der Waals surface area (Å²) >= 11 is 0. The summed E-state index contributed by atoms with van der Waals surface area (Å²) in [5.41, 5.74) is 26.4. The lowest BCUT2D eigenvalue weighted by Crippen LogP contribution is -1.92. The molecule has 1 unspecified atom stereocenters. The number of benzene rings is 3. The fourth-order valence-electron chi connectivity index (χ4n) is 5.66. The van der Waals surface area contributed by atoms with Gasteiger partial charge in [0.25, 0.3) is 0 Å². The Morgan fingerprint density at radius 2 is 1.25 bits per heavy atom. The monoisotopic (exact) mass is 693 g/mol. The Morgan fingerprint density at radius 1 is 0.654 bits per heavy atom. The molecular formula is C50H64N2. The first-order chi connectivity index (χ1) is 25.1. The molecule has 0 fully saturated rings. The lowest BCUT2D eigenvalue weighted by atomic mass is 9.97. The van der Waals surface area contributed by atoms with Crippen LogP contribution < -0.4 is 11.5 Å². The molecule has 0 aromatic heterocycles. The summed E-state index contributed by atoms with van der Waals surface area (Å²) in [4.78, 5) is 0. The zero-order valence-electron chi connectivity index (χ0n) is 33.3. The Hall–Kier alpha value is -5.08. The third kappa shape index (κ3) is 15.4. The van der Waals surface area contributed by atoms with E-state index in [2.05, 4.69) is 171 Å². The number of nitrogens with two attached hydrogens (primary N) is 2. The molecule has 0 saturated heterocycles. The molecule has 2 nitrogen and oxygen atoms in total. The van der Waals surface area contributed by atoms with Gasteiger partial charge < -0.3 is 11.5 Å². The molecule has 0 amide bonds. The molecule has 0 aliphatic rings. The lowest BCUT2D eigenvalue weighted by molar-refractivity contribution is 0.840. The van der Waals surface area contributed by atoms with Crippen LogP contribution in [0.15, 0.2) is 150 Å². The number of aryl methyl sites for hydroxylation is 4. The van der Waals surface area contributed by atoms with Gasteiger partial charge in [-0.2, -0.15) is 0 Å². The maximum absolute atomic E-state index is 5.83. The maximum Gasteiger partial charge on any atom is 0.0314 e. The van der Waals surface area contributed by atoms with Crippen LogP contribution in [0.25, 0.3) is 18.2 Å². The average molecular weight is 693 g/mol. The van der Waals surface area contributed by atoms with E-state index in [-0.39, 0.29) is 5.92 Å². The number of anilines is 1. The Labute approximate surface area is 317 Å². The second-order valence-corrected chi connectivity index (χ2v) is 13.2. The summed E-state index contributed by atoms with van der Waals surface area (Å²) in [5.74, 6) is 0.289. The molecule has 3 aromatic rings. The van der Waals surface area contributed by atoms with Crippen molar-refractivity contribution in [3.63, 3.8) is 0 Å². The van der Waals surface area contributed by atoms with E-state index in [1.807, 2.05) is 24.3 Å². The number of rotatable bonds is 16. The van der Waals surface area contributed by atoms with Crippen molar-refractivity contribution in [1.29, 1.82) is 0 Å². The molecule has 4 N–H and O–H groups in total. The van der Waals surface area contributed by atoms with Crippen LogP contribution in [0, 0.1) is 19.8 Å². The van der Waals surface area contributed by atoms with Crippen molar-refractivity contribution in [1.82, 2.24) is 0 Å². The minimum Gasteiger partial charge on any atom is -0.405 e. The van der Waals surface area contributed by atoms with Crippen molar-refractivity contribution in [2.75, 3.05) is 5.73 Å². The van der Waals surface area contributed by atoms with Gasteiger partial charge in [0.2, 0.25) is 0 Å². The fraction of sp³-hybridized carbons (Fsp3) is 0.280. The van der Waals surface area contributed by atoms with Gasteiger partial charge in [-0.1, -0.05) is 150 Å². The van der Waals surface area contributed by atoms with Gasteiger partial charge in [0.05, 0.1) is 0 Å². The molecule has 0 spiro atoms. The van der Waals surface area contributed by atoms with Crippen LogP contribution in [0.5, 0.6) is 0 Å². The standard InChI is InChI=1S/C32H40N2.C18H24/c1-5-30-19-16-29(24-31(30)6-2)15-14-27(12-13-28-17-20-32(34)21-18-28)11-9-7-8-10-25(3)26(4)22-23-33;1-6-17(7-2)18(8-3)12-11-16-10-9-14(4)15(5)13-16/h7-10,12-24,27H,5-6,11,33-34H2,1-4H3;6,9-13H,1,7-8H2,2-5H3/b9-7+,10-8-,13-12+,15-14-,23-22+,26-25-;12-11-,18-17+. The van der Waals surface area contributed by atoms with Gasteiger partial charge in [0, 0.05) is 5.69 Å². The zero-order valence-corrected chi connectivity index (χ0v) is 33.3. The number of allylic oxidation sites excluding steroid dienone is 13. The van der Waals surface area contributed by atoms with Crippen molar-refractivity contribution in [2.45, 2.75) is 87.5 Å². The largest absolute Gasteiger partial charge is 0.405 e. The van der Waals surface area contributed by atoms with E-state index in [1.165, 1.54) is 55.7 Å². The topological polar surface area (TPSA) is 52.0 Å². The molecule has 274 valence electrons. The van der Waals surface area contributed by atoms with E-state index in [1.54, 1.807) is 6.20 Å². The molecule has 0 heterocycles. The molecule has 3 aromatic carbocycles. The van der Waals surface area contributed by atoms with Crippen molar-refractivity contribution in [2.24, 2.45) is 11.7 Å². The predicted octanol–water partition coefficient (Wildman–Crippen LogP) is 13.7. The Morgan fingerprint density at radius 3 is 1.85 bits per heavy atom. The van der Waals surface area contributed by atoms with E-state index >= 15 is 0 Å². The van der Waals surface area contributed by atoms with Crippen LogP contribution in [0.3, 0.4) is 0 Å². The number of hydrogen-bond donors (Lipinski definition) is 2. The Bertz CT molecular complexity index is 1800. The third-order valence-electron chi connectivity index (χ3n) is 9.40. The summed E-state index contributed by atoms with van der Waals surface area (Å²) < 4.78 is 0. The molecule has 0 aliphatic heterocycles. The molecule has 0 bridgehead atoms. The van der Waals surface area contributed by atoms with Crippen molar-refractivity contribution >= 4 is 23.9 Å². The van der Waals surface area contributed by atoms with Crippen LogP contribution in [-0.2, 0) is 12.8 Å². The highest BCUT2D eigenvalue weighted by Crippen LogP contribution is 2.20. The zero-order chi connectivity index (χ0) is 38.3. The molecule has 0 radical (unpaired) electrons. The van der Waals surface area contributed by atoms with E-state index < -0.39 is 0 Å². The van der Waals surface area contributed by atoms with Gasteiger partial charge in [-0.3, -0.25) is 0 Å². The van der Waals surface area contributed by atoms with Crippen molar-refractivity contribution in [3.05, 3.63) is 189 Å². The third-order valence-corrected chi connectivity index (χ3v) is 9.40. The number of hydrogen-bond acceptors (Lipinski definition) is 2. The quantitative estimate of drug-likeness (QED) is 0.116. The Balaban J connectivity index is 0.000000437. The second-order valence-electron chi connectivity index (χ2n) is 13.2. The summed E-state index contributed by atoms with van der Waals surface area (Å²) in [6.45, 7) is 21.2. The second kappa shape index (κ2) is 24.2. The molecule has 0 aliphatic carbocycles. The minimum atomic E-state index is 0.289. The Kier molecular flexibility index (Phi) is 20.0. The van der Waals surface area contributed by atoms with Crippen molar-refractivity contribution < 1.29 is 0 Å². The lowest BCUT2D eigenvalue weighted by Gasteiger charge is -2.08. The normalized spacial score (nSPS) is 13.7. The summed E-state index contributed by atoms with van der Waals surface area (Å²) in [5, 5.41) is 0. The van der Waals surface area contributed by atoms with Crippen LogP contribution in [0.4, 0.5) is 5.69 Å². The molecule has 0 saturated carbocycles. The van der Waals surface area contributed by atoms with Crippen molar-refractivity contribution in [3.8, 4) is 0 Å². The molecule has 3 rings (SSSR count). The van der Waals surface area contributed by atoms with Gasteiger partial charge >= 0.3 is 0 Å². The van der Waals surface area contributed by atoms with Crippen LogP contribution in [0.2, 0.25) is 0 Å². The number of nitrogen functional groups attached to an aromatic ring is 1. The smallest absolute Gasteiger partial charge is 0.0314 e. The van der Waals surface area contributed by atoms with E-state index in [0.717, 1.165) is 43.4 Å². The van der Waals surface area contributed by atoms with E-state index in [4.69, 9.17) is 11.5 Å². The SMILES string of the molecule is C=C/C(CC)=C(\C=C/c1ccc(C)c(C)c1)CC.CCc1ccc(/C=C\C(/C=C/c2ccc(N)cc2)C/C=C/C=C\C(C)=C(C)/C=C/N)cc1CC. The molecule has 2 heteroatoms. The summed E-state index contributed by atoms with van der Waals surface area (Å²) in [6.07, 6.45) is 32.6. The highest BCUT2D eigenvalue weighted by atomic mass is 14.5. The van der Waals surface area contributed by atoms with Gasteiger partial charge in [-0.25, -0.2) is 0 Å². The van der Waals surface area contributed by atoms with Gasteiger partial charge in [0.1, 0.15) is 0 Å². The molecule has 1 atom stereocenters. The minimum absolute atomic E-state index is 0.289. The first kappa shape index (κ1) is 43.1. The van der Waals surface area contributed by atoms with Gasteiger partial charge in [-0.15, -0.1) is 0 Å². The maximum atomic E-state index is 5.83. The summed E-state index contributed by atoms with van der Waals surface area (Å²) in [6, 6.07) is 21.4.